The molecule has 4 aliphatic rings. The Morgan fingerprint density at radius 2 is 1.33 bits per heavy atom. The molecular formula is C43H50N2O4. The average Bonchev–Trinajstić information content (AvgIpc) is 3.45. The van der Waals surface area contributed by atoms with E-state index in [0.717, 1.165) is 54.5 Å². The Bertz CT molecular complexity index is 1650. The van der Waals surface area contributed by atoms with Crippen LogP contribution in [-0.2, 0) is 19.9 Å². The van der Waals surface area contributed by atoms with E-state index in [4.69, 9.17) is 4.74 Å². The van der Waals surface area contributed by atoms with Gasteiger partial charge in [-0.1, -0.05) is 105 Å². The molecule has 6 nitrogen and oxygen atoms in total. The lowest BCUT2D eigenvalue weighted by molar-refractivity contribution is -0.135. The number of nitrogens with zero attached hydrogens (tertiary/aromatic N) is 1. The number of allylic oxidation sites excluding steroid dienone is 2. The first kappa shape index (κ1) is 33.3. The number of likely N-dealkylation sites (tertiary alicyclic amines) is 1. The molecule has 1 heterocycles. The predicted octanol–water partition coefficient (Wildman–Crippen LogP) is 8.66. The summed E-state index contributed by atoms with van der Waals surface area (Å²) in [6.07, 6.45) is 6.21. The SMILES string of the molecule is CC(C)(C)OC(=O)N1C[C@H]2[C@@H]3CC[C@H](C(=O)NC(c4ccccc4)(c4ccccc4)c4ccccc4)[C@@]3(C)CC[C@@H]2[C@@]2(C)CCC(=O)C=C12. The first-order valence-corrected chi connectivity index (χ1v) is 18.1. The zero-order valence-corrected chi connectivity index (χ0v) is 29.6. The number of ether oxygens (including phenoxy) is 1. The van der Waals surface area contributed by atoms with E-state index in [9.17, 15) is 9.59 Å². The molecular weight excluding hydrogens is 608 g/mol. The Hall–Kier alpha value is -4.19. The maximum absolute atomic E-state index is 15.0. The van der Waals surface area contributed by atoms with Crippen molar-refractivity contribution >= 4 is 17.8 Å². The van der Waals surface area contributed by atoms with Crippen molar-refractivity contribution in [3.05, 3.63) is 119 Å². The zero-order chi connectivity index (χ0) is 34.6. The van der Waals surface area contributed by atoms with Crippen LogP contribution in [0, 0.1) is 34.5 Å². The largest absolute Gasteiger partial charge is 0.443 e. The van der Waals surface area contributed by atoms with E-state index in [-0.39, 0.29) is 46.4 Å². The molecule has 0 radical (unpaired) electrons. The van der Waals surface area contributed by atoms with E-state index in [2.05, 4.69) is 55.6 Å². The number of hydrogen-bond acceptors (Lipinski definition) is 4. The summed E-state index contributed by atoms with van der Waals surface area (Å²) in [4.78, 5) is 43.3. The fraction of sp³-hybridized carbons (Fsp3) is 0.465. The van der Waals surface area contributed by atoms with Crippen molar-refractivity contribution in [1.29, 1.82) is 0 Å². The van der Waals surface area contributed by atoms with Gasteiger partial charge in [0, 0.05) is 36.1 Å². The minimum Gasteiger partial charge on any atom is -0.443 e. The number of carbonyl (C=O) groups is 3. The van der Waals surface area contributed by atoms with Gasteiger partial charge in [-0.3, -0.25) is 14.5 Å². The molecule has 6 heteroatoms. The number of rotatable bonds is 5. The highest BCUT2D eigenvalue weighted by Gasteiger charge is 2.62. The molecule has 3 aromatic rings. The monoisotopic (exact) mass is 658 g/mol. The van der Waals surface area contributed by atoms with Gasteiger partial charge in [0.15, 0.2) is 5.78 Å². The molecule has 0 bridgehead atoms. The Morgan fingerprint density at radius 3 is 1.86 bits per heavy atom. The summed E-state index contributed by atoms with van der Waals surface area (Å²) in [5.74, 6) is 0.791. The quantitative estimate of drug-likeness (QED) is 0.279. The Morgan fingerprint density at radius 1 is 0.776 bits per heavy atom. The Balaban J connectivity index is 1.25. The van der Waals surface area contributed by atoms with Crippen molar-refractivity contribution in [3.8, 4) is 0 Å². The van der Waals surface area contributed by atoms with Crippen LogP contribution < -0.4 is 5.32 Å². The van der Waals surface area contributed by atoms with Gasteiger partial charge in [-0.25, -0.2) is 4.79 Å². The molecule has 2 saturated carbocycles. The van der Waals surface area contributed by atoms with E-state index < -0.39 is 11.1 Å². The van der Waals surface area contributed by atoms with Crippen LogP contribution in [-0.4, -0.2) is 34.8 Å². The number of piperidine rings is 1. The van der Waals surface area contributed by atoms with E-state index >= 15 is 4.79 Å². The summed E-state index contributed by atoms with van der Waals surface area (Å²) in [6, 6.07) is 30.9. The molecule has 3 fully saturated rings. The van der Waals surface area contributed by atoms with Crippen molar-refractivity contribution in [2.75, 3.05) is 6.54 Å². The van der Waals surface area contributed by atoms with E-state index in [1.54, 1.807) is 11.0 Å². The number of carbonyl (C=O) groups excluding carboxylic acids is 3. The maximum atomic E-state index is 15.0. The van der Waals surface area contributed by atoms with Crippen LogP contribution in [0.5, 0.6) is 0 Å². The lowest BCUT2D eigenvalue weighted by atomic mass is 9.49. The molecule has 1 N–H and O–H groups in total. The lowest BCUT2D eigenvalue weighted by Crippen LogP contribution is -2.60. The number of ketones is 1. The molecule has 49 heavy (non-hydrogen) atoms. The summed E-state index contributed by atoms with van der Waals surface area (Å²) >= 11 is 0. The second-order valence-corrected chi connectivity index (χ2v) is 16.4. The Kier molecular flexibility index (Phi) is 8.36. The third-order valence-corrected chi connectivity index (χ3v) is 12.6. The van der Waals surface area contributed by atoms with E-state index in [1.165, 1.54) is 0 Å². The molecule has 6 atom stereocenters. The standard InChI is InChI=1S/C43H50N2O4/c1-40(2,3)49-39(48)45-28-33-34-21-22-36(41(34,4)26-24-35(33)42(5)25-23-32(46)27-37(42)45)38(47)44-43(29-15-9-6-10-16-29,30-17-11-7-12-18-30)31-19-13-8-14-20-31/h6-20,27,33-36H,21-26,28H2,1-5H3,(H,44,47)/t33-,34-,35-,36+,41-,42+/m0/s1. The van der Waals surface area contributed by atoms with E-state index in [0.29, 0.717) is 18.9 Å². The molecule has 0 unspecified atom stereocenters. The molecule has 0 spiro atoms. The van der Waals surface area contributed by atoms with Crippen LogP contribution >= 0.6 is 0 Å². The second kappa shape index (κ2) is 12.3. The lowest BCUT2D eigenvalue weighted by Gasteiger charge is -2.60. The van der Waals surface area contributed by atoms with Crippen molar-refractivity contribution in [2.45, 2.75) is 84.3 Å². The number of fused-ring (bicyclic) bond motifs is 5. The minimum absolute atomic E-state index is 0.0786. The molecule has 3 aliphatic carbocycles. The molecule has 256 valence electrons. The normalized spacial score (nSPS) is 29.6. The first-order valence-electron chi connectivity index (χ1n) is 18.1. The second-order valence-electron chi connectivity index (χ2n) is 16.4. The number of hydrogen-bond donors (Lipinski definition) is 1. The van der Waals surface area contributed by atoms with Gasteiger partial charge >= 0.3 is 6.09 Å². The third-order valence-electron chi connectivity index (χ3n) is 12.6. The van der Waals surface area contributed by atoms with Gasteiger partial charge < -0.3 is 10.1 Å². The van der Waals surface area contributed by atoms with Gasteiger partial charge in [-0.05, 0) is 92.7 Å². The smallest absolute Gasteiger partial charge is 0.414 e. The van der Waals surface area contributed by atoms with Gasteiger partial charge in [-0.15, -0.1) is 0 Å². The highest BCUT2D eigenvalue weighted by atomic mass is 16.6. The molecule has 1 saturated heterocycles. The van der Waals surface area contributed by atoms with Crippen LogP contribution in [0.15, 0.2) is 103 Å². The van der Waals surface area contributed by atoms with Crippen molar-refractivity contribution < 1.29 is 19.1 Å². The van der Waals surface area contributed by atoms with Gasteiger partial charge in [0.1, 0.15) is 11.1 Å². The summed E-state index contributed by atoms with van der Waals surface area (Å²) in [5.41, 5.74) is 1.83. The number of amides is 2. The van der Waals surface area contributed by atoms with Crippen molar-refractivity contribution in [1.82, 2.24) is 10.2 Å². The van der Waals surface area contributed by atoms with Crippen LogP contribution in [0.2, 0.25) is 0 Å². The van der Waals surface area contributed by atoms with Gasteiger partial charge in [0.05, 0.1) is 0 Å². The van der Waals surface area contributed by atoms with Crippen LogP contribution in [0.3, 0.4) is 0 Å². The fourth-order valence-electron chi connectivity index (χ4n) is 10.3. The summed E-state index contributed by atoms with van der Waals surface area (Å²) in [6.45, 7) is 10.8. The molecule has 0 aromatic heterocycles. The van der Waals surface area contributed by atoms with E-state index in [1.807, 2.05) is 75.4 Å². The molecule has 1 aliphatic heterocycles. The number of nitrogens with one attached hydrogen (secondary N) is 1. The average molecular weight is 659 g/mol. The summed E-state index contributed by atoms with van der Waals surface area (Å²) in [7, 11) is 0. The van der Waals surface area contributed by atoms with Gasteiger partial charge in [0.25, 0.3) is 0 Å². The highest BCUT2D eigenvalue weighted by Crippen LogP contribution is 2.65. The van der Waals surface area contributed by atoms with Gasteiger partial charge in [-0.2, -0.15) is 0 Å². The molecule has 2 amide bonds. The highest BCUT2D eigenvalue weighted by molar-refractivity contribution is 5.92. The van der Waals surface area contributed by atoms with Gasteiger partial charge in [0.2, 0.25) is 5.91 Å². The Labute approximate surface area is 291 Å². The third kappa shape index (κ3) is 5.61. The molecule has 3 aromatic carbocycles. The zero-order valence-electron chi connectivity index (χ0n) is 29.6. The fourth-order valence-corrected chi connectivity index (χ4v) is 10.3. The topological polar surface area (TPSA) is 75.7 Å². The molecule has 7 rings (SSSR count). The summed E-state index contributed by atoms with van der Waals surface area (Å²) < 4.78 is 5.93. The van der Waals surface area contributed by atoms with Crippen LogP contribution in [0.1, 0.15) is 89.8 Å². The van der Waals surface area contributed by atoms with Crippen LogP contribution in [0.25, 0.3) is 0 Å². The van der Waals surface area contributed by atoms with Crippen molar-refractivity contribution in [2.24, 2.45) is 34.5 Å². The van der Waals surface area contributed by atoms with Crippen LogP contribution in [0.4, 0.5) is 4.79 Å². The maximum Gasteiger partial charge on any atom is 0.414 e. The number of benzene rings is 3. The van der Waals surface area contributed by atoms with Crippen molar-refractivity contribution in [3.63, 3.8) is 0 Å². The summed E-state index contributed by atoms with van der Waals surface area (Å²) in [5, 5.41) is 3.69. The predicted molar refractivity (Wildman–Crippen MR) is 191 cm³/mol. The first-order chi connectivity index (χ1) is 23.4. The minimum atomic E-state index is -0.868.